The van der Waals surface area contributed by atoms with Gasteiger partial charge in [0.25, 0.3) is 0 Å². The summed E-state index contributed by atoms with van der Waals surface area (Å²) in [5.74, 6) is 1.92. The van der Waals surface area contributed by atoms with Gasteiger partial charge in [-0.05, 0) is 30.7 Å². The van der Waals surface area contributed by atoms with E-state index in [-0.39, 0.29) is 0 Å². The molecule has 2 aromatic rings. The quantitative estimate of drug-likeness (QED) is 0.787. The van der Waals surface area contributed by atoms with Crippen LogP contribution in [0.1, 0.15) is 19.0 Å². The van der Waals surface area contributed by atoms with Crippen molar-refractivity contribution in [2.24, 2.45) is 0 Å². The van der Waals surface area contributed by atoms with Crippen molar-refractivity contribution in [3.63, 3.8) is 0 Å². The first kappa shape index (κ1) is 14.6. The van der Waals surface area contributed by atoms with Crippen molar-refractivity contribution >= 4 is 11.6 Å². The Balaban J connectivity index is 2.45. The van der Waals surface area contributed by atoms with E-state index in [1.54, 1.807) is 20.3 Å². The minimum absolute atomic E-state index is 0.452. The van der Waals surface area contributed by atoms with Gasteiger partial charge in [0.2, 0.25) is 0 Å². The average Bonchev–Trinajstić information content (AvgIpc) is 2.46. The molecular weight excluding hydrogens is 276 g/mol. The van der Waals surface area contributed by atoms with E-state index in [9.17, 15) is 0 Å². The van der Waals surface area contributed by atoms with Crippen LogP contribution in [0.2, 0.25) is 5.15 Å². The summed E-state index contributed by atoms with van der Waals surface area (Å²) in [4.78, 5) is 8.81. The highest BCUT2D eigenvalue weighted by atomic mass is 35.5. The van der Waals surface area contributed by atoms with Crippen molar-refractivity contribution in [3.05, 3.63) is 35.1 Å². The van der Waals surface area contributed by atoms with Crippen LogP contribution < -0.4 is 9.47 Å². The van der Waals surface area contributed by atoms with Crippen LogP contribution in [-0.2, 0) is 6.42 Å². The van der Waals surface area contributed by atoms with Gasteiger partial charge in [0.1, 0.15) is 5.15 Å². The largest absolute Gasteiger partial charge is 0.493 e. The van der Waals surface area contributed by atoms with Crippen molar-refractivity contribution in [2.75, 3.05) is 14.2 Å². The maximum absolute atomic E-state index is 6.06. The monoisotopic (exact) mass is 292 g/mol. The number of hydrogen-bond donors (Lipinski definition) is 0. The molecule has 0 saturated heterocycles. The smallest absolute Gasteiger partial charge is 0.161 e. The molecule has 0 saturated carbocycles. The Labute approximate surface area is 123 Å². The third-order valence-electron chi connectivity index (χ3n) is 2.90. The fourth-order valence-electron chi connectivity index (χ4n) is 1.95. The van der Waals surface area contributed by atoms with Crippen molar-refractivity contribution < 1.29 is 9.47 Å². The highest BCUT2D eigenvalue weighted by Gasteiger charge is 2.10. The summed E-state index contributed by atoms with van der Waals surface area (Å²) in [5.41, 5.74) is 1.79. The standard InChI is InChI=1S/C15H17ClN2O2/c1-4-5-11-9-14(16)18-15(17-11)10-6-7-12(19-2)13(8-10)20-3/h6-9H,4-5H2,1-3H3. The number of benzene rings is 1. The molecule has 0 aliphatic rings. The van der Waals surface area contributed by atoms with E-state index in [0.29, 0.717) is 22.5 Å². The molecule has 1 aromatic heterocycles. The Hall–Kier alpha value is -1.81. The summed E-state index contributed by atoms with van der Waals surface area (Å²) in [7, 11) is 3.20. The number of halogens is 1. The molecule has 106 valence electrons. The first-order chi connectivity index (χ1) is 9.67. The average molecular weight is 293 g/mol. The van der Waals surface area contributed by atoms with Gasteiger partial charge in [-0.15, -0.1) is 0 Å². The highest BCUT2D eigenvalue weighted by molar-refractivity contribution is 6.29. The topological polar surface area (TPSA) is 44.2 Å². The number of hydrogen-bond acceptors (Lipinski definition) is 4. The van der Waals surface area contributed by atoms with Gasteiger partial charge in [0.05, 0.1) is 14.2 Å². The molecule has 0 radical (unpaired) electrons. The molecule has 2 rings (SSSR count). The summed E-state index contributed by atoms with van der Waals surface area (Å²) in [6.07, 6.45) is 1.89. The number of ether oxygens (including phenoxy) is 2. The van der Waals surface area contributed by atoms with Crippen LogP contribution in [0.4, 0.5) is 0 Å². The number of methoxy groups -OCH3 is 2. The Morgan fingerprint density at radius 1 is 1.05 bits per heavy atom. The summed E-state index contributed by atoms with van der Waals surface area (Å²) in [5, 5.41) is 0.452. The molecule has 0 atom stereocenters. The molecule has 0 bridgehead atoms. The molecule has 4 nitrogen and oxygen atoms in total. The molecule has 1 heterocycles. The predicted molar refractivity (Wildman–Crippen MR) is 79.6 cm³/mol. The predicted octanol–water partition coefficient (Wildman–Crippen LogP) is 3.77. The molecule has 0 N–H and O–H groups in total. The minimum atomic E-state index is 0.452. The fraction of sp³-hybridized carbons (Fsp3) is 0.333. The summed E-state index contributed by atoms with van der Waals surface area (Å²) in [6.45, 7) is 2.10. The second-order valence-corrected chi connectivity index (χ2v) is 4.71. The normalized spacial score (nSPS) is 10.4. The third kappa shape index (κ3) is 3.20. The van der Waals surface area contributed by atoms with E-state index in [4.69, 9.17) is 21.1 Å². The van der Waals surface area contributed by atoms with E-state index in [2.05, 4.69) is 16.9 Å². The molecule has 0 aliphatic carbocycles. The van der Waals surface area contributed by atoms with E-state index in [0.717, 1.165) is 24.1 Å². The maximum atomic E-state index is 6.06. The van der Waals surface area contributed by atoms with Gasteiger partial charge in [-0.2, -0.15) is 0 Å². The Morgan fingerprint density at radius 2 is 1.80 bits per heavy atom. The lowest BCUT2D eigenvalue weighted by atomic mass is 10.1. The molecular formula is C15H17ClN2O2. The Kier molecular flexibility index (Phi) is 4.79. The number of aromatic nitrogens is 2. The number of rotatable bonds is 5. The zero-order chi connectivity index (χ0) is 14.5. The van der Waals surface area contributed by atoms with Crippen LogP contribution in [-0.4, -0.2) is 24.2 Å². The highest BCUT2D eigenvalue weighted by Crippen LogP contribution is 2.31. The van der Waals surface area contributed by atoms with Crippen LogP contribution in [0, 0.1) is 0 Å². The summed E-state index contributed by atoms with van der Waals surface area (Å²) in [6, 6.07) is 7.37. The molecule has 0 amide bonds. The third-order valence-corrected chi connectivity index (χ3v) is 3.09. The van der Waals surface area contributed by atoms with Crippen molar-refractivity contribution in [1.29, 1.82) is 0 Å². The summed E-state index contributed by atoms with van der Waals surface area (Å²) >= 11 is 6.06. The zero-order valence-electron chi connectivity index (χ0n) is 11.8. The van der Waals surface area contributed by atoms with Gasteiger partial charge in [-0.3, -0.25) is 0 Å². The molecule has 20 heavy (non-hydrogen) atoms. The van der Waals surface area contributed by atoms with E-state index in [1.165, 1.54) is 0 Å². The molecule has 5 heteroatoms. The fourth-order valence-corrected chi connectivity index (χ4v) is 2.16. The van der Waals surface area contributed by atoms with Gasteiger partial charge in [0.15, 0.2) is 17.3 Å². The first-order valence-electron chi connectivity index (χ1n) is 6.43. The van der Waals surface area contributed by atoms with Crippen LogP contribution >= 0.6 is 11.6 Å². The van der Waals surface area contributed by atoms with Gasteiger partial charge in [-0.25, -0.2) is 9.97 Å². The molecule has 0 aliphatic heterocycles. The molecule has 0 fully saturated rings. The molecule has 0 spiro atoms. The van der Waals surface area contributed by atoms with Gasteiger partial charge >= 0.3 is 0 Å². The Morgan fingerprint density at radius 3 is 2.45 bits per heavy atom. The van der Waals surface area contributed by atoms with Crippen LogP contribution in [0.3, 0.4) is 0 Å². The van der Waals surface area contributed by atoms with Crippen LogP contribution in [0.5, 0.6) is 11.5 Å². The number of aryl methyl sites for hydroxylation is 1. The first-order valence-corrected chi connectivity index (χ1v) is 6.81. The van der Waals surface area contributed by atoms with Crippen molar-refractivity contribution in [2.45, 2.75) is 19.8 Å². The lowest BCUT2D eigenvalue weighted by Crippen LogP contribution is -1.97. The van der Waals surface area contributed by atoms with Gasteiger partial charge in [0, 0.05) is 11.3 Å². The summed E-state index contributed by atoms with van der Waals surface area (Å²) < 4.78 is 10.5. The van der Waals surface area contributed by atoms with Crippen molar-refractivity contribution in [3.8, 4) is 22.9 Å². The van der Waals surface area contributed by atoms with Crippen LogP contribution in [0.15, 0.2) is 24.3 Å². The van der Waals surface area contributed by atoms with E-state index < -0.39 is 0 Å². The van der Waals surface area contributed by atoms with Crippen molar-refractivity contribution in [1.82, 2.24) is 9.97 Å². The second-order valence-electron chi connectivity index (χ2n) is 4.33. The Bertz CT molecular complexity index is 602. The minimum Gasteiger partial charge on any atom is -0.493 e. The van der Waals surface area contributed by atoms with Gasteiger partial charge < -0.3 is 9.47 Å². The second kappa shape index (κ2) is 6.57. The maximum Gasteiger partial charge on any atom is 0.161 e. The molecule has 1 aromatic carbocycles. The van der Waals surface area contributed by atoms with E-state index in [1.807, 2.05) is 18.2 Å². The SMILES string of the molecule is CCCc1cc(Cl)nc(-c2ccc(OC)c(OC)c2)n1. The zero-order valence-corrected chi connectivity index (χ0v) is 12.6. The van der Waals surface area contributed by atoms with Crippen LogP contribution in [0.25, 0.3) is 11.4 Å². The number of nitrogens with zero attached hydrogens (tertiary/aromatic N) is 2. The van der Waals surface area contributed by atoms with Gasteiger partial charge in [-0.1, -0.05) is 24.9 Å². The lowest BCUT2D eigenvalue weighted by Gasteiger charge is -2.09. The van der Waals surface area contributed by atoms with E-state index >= 15 is 0 Å². The lowest BCUT2D eigenvalue weighted by molar-refractivity contribution is 0.355. The molecule has 0 unspecified atom stereocenters.